The number of nitrogens with one attached hydrogen (secondary N) is 2. The van der Waals surface area contributed by atoms with Gasteiger partial charge in [0.15, 0.2) is 0 Å². The molecule has 20 heavy (non-hydrogen) atoms. The van der Waals surface area contributed by atoms with Crippen molar-refractivity contribution in [3.63, 3.8) is 0 Å². The summed E-state index contributed by atoms with van der Waals surface area (Å²) in [5.74, 6) is -0.584. The molecule has 0 aliphatic carbocycles. The van der Waals surface area contributed by atoms with Gasteiger partial charge in [0.25, 0.3) is 0 Å². The lowest BCUT2D eigenvalue weighted by molar-refractivity contribution is -0.139. The number of para-hydroxylation sites is 2. The van der Waals surface area contributed by atoms with Crippen LogP contribution in [0.15, 0.2) is 36.9 Å². The third kappa shape index (κ3) is 4.64. The largest absolute Gasteiger partial charge is 0.492 e. The van der Waals surface area contributed by atoms with E-state index in [2.05, 4.69) is 17.2 Å². The number of hydrogen-bond acceptors (Lipinski definition) is 3. The highest BCUT2D eigenvalue weighted by Crippen LogP contribution is 2.23. The van der Waals surface area contributed by atoms with E-state index in [1.165, 1.54) is 6.08 Å². The lowest BCUT2D eigenvalue weighted by atomic mass is 10.2. The molecule has 1 aromatic rings. The van der Waals surface area contributed by atoms with Gasteiger partial charge in [0.1, 0.15) is 11.8 Å². The molecule has 0 spiro atoms. The van der Waals surface area contributed by atoms with Crippen LogP contribution in [-0.4, -0.2) is 29.8 Å². The first-order chi connectivity index (χ1) is 9.58. The molecule has 0 heterocycles. The maximum Gasteiger partial charge on any atom is 0.326 e. The summed E-state index contributed by atoms with van der Waals surface area (Å²) in [7, 11) is 0. The van der Waals surface area contributed by atoms with Crippen LogP contribution in [0.25, 0.3) is 0 Å². The zero-order valence-electron chi connectivity index (χ0n) is 11.3. The minimum Gasteiger partial charge on any atom is -0.492 e. The number of ether oxygens (including phenoxy) is 1. The highest BCUT2D eigenvalue weighted by atomic mass is 16.5. The van der Waals surface area contributed by atoms with Gasteiger partial charge >= 0.3 is 12.0 Å². The van der Waals surface area contributed by atoms with E-state index in [9.17, 15) is 9.59 Å². The smallest absolute Gasteiger partial charge is 0.326 e. The third-order valence-corrected chi connectivity index (χ3v) is 2.44. The first kappa shape index (κ1) is 15.6. The number of amides is 2. The van der Waals surface area contributed by atoms with E-state index in [4.69, 9.17) is 9.84 Å². The molecule has 0 fully saturated rings. The quantitative estimate of drug-likeness (QED) is 0.667. The number of urea groups is 1. The maximum atomic E-state index is 11.8. The van der Waals surface area contributed by atoms with E-state index in [1.54, 1.807) is 24.3 Å². The standard InChI is InChI=1S/C14H18N2O4/c1-3-7-11(13(17)18)16-14(19)15-10-8-5-6-9-12(10)20-4-2/h3,5-6,8-9,11H,1,4,7H2,2H3,(H,17,18)(H2,15,16,19). The van der Waals surface area contributed by atoms with Gasteiger partial charge in [0.05, 0.1) is 12.3 Å². The fraction of sp³-hybridized carbons (Fsp3) is 0.286. The van der Waals surface area contributed by atoms with Crippen molar-refractivity contribution >= 4 is 17.7 Å². The van der Waals surface area contributed by atoms with E-state index in [0.29, 0.717) is 18.0 Å². The van der Waals surface area contributed by atoms with Gasteiger partial charge in [-0.3, -0.25) is 0 Å². The molecule has 1 unspecified atom stereocenters. The van der Waals surface area contributed by atoms with Crippen LogP contribution >= 0.6 is 0 Å². The summed E-state index contributed by atoms with van der Waals surface area (Å²) in [6.45, 7) is 5.76. The van der Waals surface area contributed by atoms with E-state index < -0.39 is 18.0 Å². The van der Waals surface area contributed by atoms with Gasteiger partial charge in [-0.05, 0) is 25.5 Å². The Morgan fingerprint density at radius 3 is 2.75 bits per heavy atom. The van der Waals surface area contributed by atoms with Gasteiger partial charge in [-0.1, -0.05) is 18.2 Å². The number of carbonyl (C=O) groups is 2. The predicted molar refractivity (Wildman–Crippen MR) is 76.0 cm³/mol. The second-order valence-electron chi connectivity index (χ2n) is 3.94. The van der Waals surface area contributed by atoms with Gasteiger partial charge in [-0.15, -0.1) is 6.58 Å². The minimum absolute atomic E-state index is 0.149. The predicted octanol–water partition coefficient (Wildman–Crippen LogP) is 2.24. The third-order valence-electron chi connectivity index (χ3n) is 2.44. The number of carboxylic acid groups (broad SMARTS) is 1. The Morgan fingerprint density at radius 1 is 1.45 bits per heavy atom. The summed E-state index contributed by atoms with van der Waals surface area (Å²) in [6.07, 6.45) is 1.59. The minimum atomic E-state index is -1.11. The molecule has 108 valence electrons. The lowest BCUT2D eigenvalue weighted by Crippen LogP contribution is -2.42. The second kappa shape index (κ2) is 7.83. The SMILES string of the molecule is C=CCC(NC(=O)Nc1ccccc1OCC)C(=O)O. The van der Waals surface area contributed by atoms with E-state index in [0.717, 1.165) is 0 Å². The highest BCUT2D eigenvalue weighted by Gasteiger charge is 2.18. The van der Waals surface area contributed by atoms with Gasteiger partial charge in [-0.2, -0.15) is 0 Å². The molecule has 6 heteroatoms. The lowest BCUT2D eigenvalue weighted by Gasteiger charge is -2.15. The zero-order valence-corrected chi connectivity index (χ0v) is 11.3. The van der Waals surface area contributed by atoms with E-state index in [-0.39, 0.29) is 6.42 Å². The summed E-state index contributed by atoms with van der Waals surface area (Å²) in [5, 5.41) is 13.9. The normalized spacial score (nSPS) is 11.2. The monoisotopic (exact) mass is 278 g/mol. The van der Waals surface area contributed by atoms with Crippen molar-refractivity contribution in [3.05, 3.63) is 36.9 Å². The Bertz CT molecular complexity index is 488. The Morgan fingerprint density at radius 2 is 2.15 bits per heavy atom. The van der Waals surface area contributed by atoms with Crippen molar-refractivity contribution in [1.82, 2.24) is 5.32 Å². The van der Waals surface area contributed by atoms with Crippen LogP contribution in [0.1, 0.15) is 13.3 Å². The first-order valence-electron chi connectivity index (χ1n) is 6.21. The number of benzene rings is 1. The number of carboxylic acids is 1. The Balaban J connectivity index is 2.70. The van der Waals surface area contributed by atoms with Crippen LogP contribution in [0, 0.1) is 0 Å². The molecule has 0 aliphatic rings. The van der Waals surface area contributed by atoms with Crippen LogP contribution in [0.4, 0.5) is 10.5 Å². The summed E-state index contributed by atoms with van der Waals surface area (Å²) < 4.78 is 5.36. The Hall–Kier alpha value is -2.50. The van der Waals surface area contributed by atoms with Gasteiger partial charge in [0, 0.05) is 0 Å². The van der Waals surface area contributed by atoms with Gasteiger partial charge in [0.2, 0.25) is 0 Å². The van der Waals surface area contributed by atoms with E-state index in [1.807, 2.05) is 6.92 Å². The average Bonchev–Trinajstić information content (AvgIpc) is 2.40. The van der Waals surface area contributed by atoms with Crippen LogP contribution in [-0.2, 0) is 4.79 Å². The molecule has 6 nitrogen and oxygen atoms in total. The Labute approximate surface area is 117 Å². The van der Waals surface area contributed by atoms with Crippen molar-refractivity contribution in [3.8, 4) is 5.75 Å². The molecule has 1 aromatic carbocycles. The highest BCUT2D eigenvalue weighted by molar-refractivity contribution is 5.93. The molecule has 0 bridgehead atoms. The van der Waals surface area contributed by atoms with Crippen molar-refractivity contribution in [2.45, 2.75) is 19.4 Å². The zero-order chi connectivity index (χ0) is 15.0. The Kier molecular flexibility index (Phi) is 6.09. The van der Waals surface area contributed by atoms with Crippen molar-refractivity contribution in [2.75, 3.05) is 11.9 Å². The van der Waals surface area contributed by atoms with Crippen LogP contribution in [0.3, 0.4) is 0 Å². The van der Waals surface area contributed by atoms with Crippen LogP contribution in [0.5, 0.6) is 5.75 Å². The van der Waals surface area contributed by atoms with Crippen LogP contribution < -0.4 is 15.4 Å². The molecule has 0 saturated carbocycles. The van der Waals surface area contributed by atoms with Crippen molar-refractivity contribution < 1.29 is 19.4 Å². The topological polar surface area (TPSA) is 87.7 Å². The molecular weight excluding hydrogens is 260 g/mol. The van der Waals surface area contributed by atoms with Gasteiger partial charge < -0.3 is 20.5 Å². The molecule has 0 aliphatic heterocycles. The fourth-order valence-corrected chi connectivity index (χ4v) is 1.56. The number of aliphatic carboxylic acids is 1. The molecule has 3 N–H and O–H groups in total. The summed E-state index contributed by atoms with van der Waals surface area (Å²) >= 11 is 0. The number of carbonyl (C=O) groups excluding carboxylic acids is 1. The van der Waals surface area contributed by atoms with Crippen molar-refractivity contribution in [2.24, 2.45) is 0 Å². The molecule has 0 radical (unpaired) electrons. The van der Waals surface area contributed by atoms with Gasteiger partial charge in [-0.25, -0.2) is 9.59 Å². The summed E-state index contributed by atoms with van der Waals surface area (Å²) in [6, 6.07) is 5.31. The number of rotatable bonds is 7. The fourth-order valence-electron chi connectivity index (χ4n) is 1.56. The molecule has 0 saturated heterocycles. The first-order valence-corrected chi connectivity index (χ1v) is 6.21. The molecule has 0 aromatic heterocycles. The molecule has 1 atom stereocenters. The molecule has 2 amide bonds. The maximum absolute atomic E-state index is 11.8. The van der Waals surface area contributed by atoms with E-state index >= 15 is 0 Å². The summed E-state index contributed by atoms with van der Waals surface area (Å²) in [4.78, 5) is 22.7. The number of hydrogen-bond donors (Lipinski definition) is 3. The molecular formula is C14H18N2O4. The average molecular weight is 278 g/mol. The summed E-state index contributed by atoms with van der Waals surface area (Å²) in [5.41, 5.74) is 0.481. The number of anilines is 1. The second-order valence-corrected chi connectivity index (χ2v) is 3.94. The van der Waals surface area contributed by atoms with Crippen LogP contribution in [0.2, 0.25) is 0 Å². The molecule has 1 rings (SSSR count). The van der Waals surface area contributed by atoms with Crippen molar-refractivity contribution in [1.29, 1.82) is 0 Å².